The highest BCUT2D eigenvalue weighted by Crippen LogP contribution is 2.27. The fourth-order valence-corrected chi connectivity index (χ4v) is 3.94. The van der Waals surface area contributed by atoms with E-state index < -0.39 is 7.23 Å². The van der Waals surface area contributed by atoms with E-state index in [1.54, 1.807) is 21.6 Å². The van der Waals surface area contributed by atoms with E-state index in [4.69, 9.17) is 10.3 Å². The third-order valence-electron chi connectivity index (χ3n) is 2.18. The van der Waals surface area contributed by atoms with Crippen LogP contribution in [0.3, 0.4) is 0 Å². The van der Waals surface area contributed by atoms with E-state index in [1.807, 2.05) is 0 Å². The average molecular weight is 330 g/mol. The van der Waals surface area contributed by atoms with Gasteiger partial charge in [-0.3, -0.25) is 4.79 Å². The first kappa shape index (κ1) is 18.7. The molecular formula is C10H21NO3PS3+. The number of hydrogen-bond donors (Lipinski definition) is 2. The Morgan fingerprint density at radius 1 is 1.33 bits per heavy atom. The maximum absolute atomic E-state index is 10.9. The first-order valence-corrected chi connectivity index (χ1v) is 10.7. The SMILES string of the molecule is CC(=O)[C@@H](N)CSSCCCCCCO[P+](=O)S. The normalized spacial score (nSPS) is 13.4. The lowest BCUT2D eigenvalue weighted by atomic mass is 10.2. The number of carbonyl (C=O) groups is 1. The van der Waals surface area contributed by atoms with Gasteiger partial charge in [-0.25, -0.2) is 0 Å². The summed E-state index contributed by atoms with van der Waals surface area (Å²) in [6.07, 6.45) is 4.28. The Hall–Kier alpha value is 0.740. The van der Waals surface area contributed by atoms with Crippen LogP contribution in [0, 0.1) is 0 Å². The minimum absolute atomic E-state index is 0.0469. The molecule has 0 saturated heterocycles. The molecule has 0 bridgehead atoms. The second-order valence-corrected chi connectivity index (χ2v) is 8.15. The summed E-state index contributed by atoms with van der Waals surface area (Å²) in [5.41, 5.74) is 5.61. The van der Waals surface area contributed by atoms with Gasteiger partial charge in [-0.1, -0.05) is 34.4 Å². The summed E-state index contributed by atoms with van der Waals surface area (Å²) in [5, 5.41) is 0. The number of thiol groups is 1. The number of carbonyl (C=O) groups excluding carboxylic acids is 1. The summed E-state index contributed by atoms with van der Waals surface area (Å²) in [5.74, 6) is 1.80. The molecule has 4 nitrogen and oxygen atoms in total. The average Bonchev–Trinajstić information content (AvgIpc) is 2.30. The standard InChI is InChI=1S/C10H20NO3PS3/c1-9(12)10(11)8-18-17-7-5-3-2-4-6-14-15(13)16/h10H,2-8,11H2,1H3/p+1/t10-/m0/s1. The van der Waals surface area contributed by atoms with E-state index in [0.29, 0.717) is 12.4 Å². The second-order valence-electron chi connectivity index (χ2n) is 3.81. The van der Waals surface area contributed by atoms with Crippen LogP contribution in [0.4, 0.5) is 0 Å². The molecule has 2 atom stereocenters. The lowest BCUT2D eigenvalue weighted by molar-refractivity contribution is -0.117. The molecule has 0 aromatic carbocycles. The highest BCUT2D eigenvalue weighted by molar-refractivity contribution is 8.76. The molecule has 18 heavy (non-hydrogen) atoms. The third-order valence-corrected chi connectivity index (χ3v) is 5.45. The number of ketones is 1. The molecule has 1 unspecified atom stereocenters. The number of hydrogen-bond acceptors (Lipinski definition) is 6. The smallest absolute Gasteiger partial charge is 0.321 e. The number of nitrogens with two attached hydrogens (primary N) is 1. The first-order chi connectivity index (χ1) is 8.54. The summed E-state index contributed by atoms with van der Waals surface area (Å²) in [7, 11) is 1.67. The van der Waals surface area contributed by atoms with Crippen molar-refractivity contribution in [2.45, 2.75) is 38.6 Å². The molecule has 106 valence electrons. The summed E-state index contributed by atoms with van der Waals surface area (Å²) >= 11 is 3.66. The zero-order valence-electron chi connectivity index (χ0n) is 10.5. The van der Waals surface area contributed by atoms with Gasteiger partial charge in [0.05, 0.1) is 6.04 Å². The van der Waals surface area contributed by atoms with Crippen LogP contribution in [0.2, 0.25) is 0 Å². The van der Waals surface area contributed by atoms with Gasteiger partial charge in [0.2, 0.25) is 0 Å². The molecule has 0 saturated carbocycles. The van der Waals surface area contributed by atoms with Crippen LogP contribution in [0.15, 0.2) is 0 Å². The van der Waals surface area contributed by atoms with Gasteiger partial charge in [0, 0.05) is 11.5 Å². The van der Waals surface area contributed by atoms with E-state index in [9.17, 15) is 9.36 Å². The summed E-state index contributed by atoms with van der Waals surface area (Å²) < 4.78 is 15.4. The van der Waals surface area contributed by atoms with Crippen molar-refractivity contribution in [1.82, 2.24) is 0 Å². The highest BCUT2D eigenvalue weighted by Gasteiger charge is 2.08. The monoisotopic (exact) mass is 330 g/mol. The van der Waals surface area contributed by atoms with E-state index in [1.165, 1.54) is 6.92 Å². The Bertz CT molecular complexity index is 257. The van der Waals surface area contributed by atoms with Gasteiger partial charge < -0.3 is 5.73 Å². The molecule has 0 aromatic heterocycles. The van der Waals surface area contributed by atoms with Crippen molar-refractivity contribution in [1.29, 1.82) is 0 Å². The Morgan fingerprint density at radius 2 is 2.00 bits per heavy atom. The number of rotatable bonds is 12. The Labute approximate surface area is 123 Å². The van der Waals surface area contributed by atoms with Crippen molar-refractivity contribution < 1.29 is 13.9 Å². The second kappa shape index (κ2) is 12.8. The maximum atomic E-state index is 10.9. The van der Waals surface area contributed by atoms with E-state index in [0.717, 1.165) is 31.4 Å². The fourth-order valence-electron chi connectivity index (χ4n) is 1.06. The Balaban J connectivity index is 3.12. The third kappa shape index (κ3) is 13.2. The molecule has 0 heterocycles. The number of unbranched alkanes of at least 4 members (excludes halogenated alkanes) is 3. The van der Waals surface area contributed by atoms with E-state index in [2.05, 4.69) is 12.2 Å². The molecule has 0 aliphatic carbocycles. The van der Waals surface area contributed by atoms with Crippen molar-refractivity contribution in [2.75, 3.05) is 18.1 Å². The lowest BCUT2D eigenvalue weighted by Gasteiger charge is -2.06. The molecule has 2 N–H and O–H groups in total. The van der Waals surface area contributed by atoms with E-state index in [-0.39, 0.29) is 11.8 Å². The van der Waals surface area contributed by atoms with Gasteiger partial charge >= 0.3 is 7.23 Å². The van der Waals surface area contributed by atoms with Crippen LogP contribution in [0.25, 0.3) is 0 Å². The predicted octanol–water partition coefficient (Wildman–Crippen LogP) is 3.45. The Morgan fingerprint density at radius 3 is 2.61 bits per heavy atom. The van der Waals surface area contributed by atoms with Crippen molar-refractivity contribution in [2.24, 2.45) is 5.73 Å². The van der Waals surface area contributed by atoms with Crippen LogP contribution < -0.4 is 5.73 Å². The van der Waals surface area contributed by atoms with Crippen LogP contribution in [-0.2, 0) is 13.9 Å². The molecule has 0 spiro atoms. The molecule has 0 radical (unpaired) electrons. The maximum Gasteiger partial charge on any atom is 0.582 e. The Kier molecular flexibility index (Phi) is 13.3. The molecular weight excluding hydrogens is 309 g/mol. The molecule has 0 aromatic rings. The van der Waals surface area contributed by atoms with Crippen molar-refractivity contribution >= 4 is 46.8 Å². The lowest BCUT2D eigenvalue weighted by Crippen LogP contribution is -2.30. The predicted molar refractivity (Wildman–Crippen MR) is 84.6 cm³/mol. The minimum Gasteiger partial charge on any atom is -0.321 e. The van der Waals surface area contributed by atoms with Crippen LogP contribution in [-0.4, -0.2) is 29.9 Å². The van der Waals surface area contributed by atoms with Crippen molar-refractivity contribution in [3.05, 3.63) is 0 Å². The van der Waals surface area contributed by atoms with Gasteiger partial charge in [0.25, 0.3) is 0 Å². The molecule has 8 heteroatoms. The molecule has 0 aliphatic heterocycles. The largest absolute Gasteiger partial charge is 0.582 e. The van der Waals surface area contributed by atoms with Crippen LogP contribution >= 0.6 is 41.1 Å². The minimum atomic E-state index is -1.75. The highest BCUT2D eigenvalue weighted by atomic mass is 33.1. The number of Topliss-reactive ketones (excluding diaryl/α,β-unsaturated/α-hetero) is 1. The summed E-state index contributed by atoms with van der Waals surface area (Å²) in [6, 6.07) is -0.331. The zero-order valence-corrected chi connectivity index (χ0v) is 14.0. The van der Waals surface area contributed by atoms with Gasteiger partial charge in [-0.15, -0.1) is 4.52 Å². The van der Waals surface area contributed by atoms with Gasteiger partial charge in [-0.2, -0.15) is 0 Å². The molecule has 0 aliphatic rings. The quantitative estimate of drug-likeness (QED) is 0.247. The summed E-state index contributed by atoms with van der Waals surface area (Å²) in [4.78, 5) is 10.9. The van der Waals surface area contributed by atoms with Gasteiger partial charge in [-0.05, 0) is 24.3 Å². The van der Waals surface area contributed by atoms with Crippen LogP contribution in [0.1, 0.15) is 32.6 Å². The fraction of sp³-hybridized carbons (Fsp3) is 0.900. The van der Waals surface area contributed by atoms with Crippen molar-refractivity contribution in [3.63, 3.8) is 0 Å². The summed E-state index contributed by atoms with van der Waals surface area (Å²) in [6.45, 7) is 2.05. The first-order valence-electron chi connectivity index (χ1n) is 5.83. The van der Waals surface area contributed by atoms with Crippen LogP contribution in [0.5, 0.6) is 0 Å². The van der Waals surface area contributed by atoms with Gasteiger partial charge in [0.1, 0.15) is 24.6 Å². The molecule has 0 rings (SSSR count). The topological polar surface area (TPSA) is 69.4 Å². The molecule has 0 amide bonds. The zero-order chi connectivity index (χ0) is 13.8. The van der Waals surface area contributed by atoms with Crippen molar-refractivity contribution in [3.8, 4) is 0 Å². The van der Waals surface area contributed by atoms with Gasteiger partial charge in [0.15, 0.2) is 0 Å². The molecule has 0 fully saturated rings. The van der Waals surface area contributed by atoms with E-state index >= 15 is 0 Å².